The van der Waals surface area contributed by atoms with E-state index in [1.165, 1.54) is 44.9 Å². The maximum atomic E-state index is 5.39. The molecule has 12 heavy (non-hydrogen) atoms. The summed E-state index contributed by atoms with van der Waals surface area (Å²) < 4.78 is 0. The second kappa shape index (κ2) is 10.7. The monoisotopic (exact) mass is 169 g/mol. The van der Waals surface area contributed by atoms with Gasteiger partial charge in [0.05, 0.1) is 0 Å². The molecule has 0 aromatic rings. The normalized spacial score (nSPS) is 11.2. The minimum absolute atomic E-state index is 0.847. The first kappa shape index (κ1) is 11.7. The molecule has 0 aromatic heterocycles. The summed E-state index contributed by atoms with van der Waals surface area (Å²) in [6.45, 7) is 3.08. The van der Waals surface area contributed by atoms with E-state index >= 15 is 0 Å². The Morgan fingerprint density at radius 1 is 0.917 bits per heavy atom. The molecule has 0 rings (SSSR count). The first-order valence-electron chi connectivity index (χ1n) is 5.27. The van der Waals surface area contributed by atoms with Crippen LogP contribution < -0.4 is 5.73 Å². The SMILES string of the molecule is CCCCC=CCCCCCN. The Bertz CT molecular complexity index is 97.2. The molecule has 0 fully saturated rings. The predicted molar refractivity (Wildman–Crippen MR) is 56.2 cm³/mol. The molecule has 0 saturated heterocycles. The van der Waals surface area contributed by atoms with Crippen molar-refractivity contribution in [3.8, 4) is 0 Å². The maximum absolute atomic E-state index is 5.39. The van der Waals surface area contributed by atoms with Crippen LogP contribution in [0.25, 0.3) is 0 Å². The highest BCUT2D eigenvalue weighted by molar-refractivity contribution is 4.80. The molecule has 0 aliphatic heterocycles. The van der Waals surface area contributed by atoms with Crippen molar-refractivity contribution < 1.29 is 0 Å². The average molecular weight is 169 g/mol. The van der Waals surface area contributed by atoms with Crippen molar-refractivity contribution in [2.45, 2.75) is 51.9 Å². The molecule has 0 unspecified atom stereocenters. The molecule has 0 aliphatic carbocycles. The Morgan fingerprint density at radius 2 is 1.58 bits per heavy atom. The van der Waals surface area contributed by atoms with Gasteiger partial charge in [-0.05, 0) is 32.2 Å². The van der Waals surface area contributed by atoms with Crippen molar-refractivity contribution in [3.63, 3.8) is 0 Å². The minimum atomic E-state index is 0.847. The third-order valence-electron chi connectivity index (χ3n) is 1.97. The van der Waals surface area contributed by atoms with Gasteiger partial charge in [0.1, 0.15) is 0 Å². The van der Waals surface area contributed by atoms with E-state index in [2.05, 4.69) is 19.1 Å². The lowest BCUT2D eigenvalue weighted by Gasteiger charge is -1.94. The van der Waals surface area contributed by atoms with E-state index < -0.39 is 0 Å². The highest BCUT2D eigenvalue weighted by Crippen LogP contribution is 2.01. The number of hydrogen-bond donors (Lipinski definition) is 1. The Labute approximate surface area is 77.0 Å². The summed E-state index contributed by atoms with van der Waals surface area (Å²) in [5.74, 6) is 0. The summed E-state index contributed by atoms with van der Waals surface area (Å²) in [4.78, 5) is 0. The highest BCUT2D eigenvalue weighted by Gasteiger charge is 1.84. The Morgan fingerprint density at radius 3 is 2.17 bits per heavy atom. The van der Waals surface area contributed by atoms with E-state index in [0.717, 1.165) is 6.54 Å². The Kier molecular flexibility index (Phi) is 10.4. The third-order valence-corrected chi connectivity index (χ3v) is 1.97. The van der Waals surface area contributed by atoms with Crippen LogP contribution in [0.15, 0.2) is 12.2 Å². The maximum Gasteiger partial charge on any atom is -0.00773 e. The zero-order valence-electron chi connectivity index (χ0n) is 8.39. The van der Waals surface area contributed by atoms with Gasteiger partial charge in [0.2, 0.25) is 0 Å². The molecule has 0 spiro atoms. The van der Waals surface area contributed by atoms with E-state index in [0.29, 0.717) is 0 Å². The molecule has 0 radical (unpaired) electrons. The number of allylic oxidation sites excluding steroid dienone is 2. The summed E-state index contributed by atoms with van der Waals surface area (Å²) in [6, 6.07) is 0. The van der Waals surface area contributed by atoms with Gasteiger partial charge in [0.15, 0.2) is 0 Å². The fourth-order valence-corrected chi connectivity index (χ4v) is 1.14. The first-order valence-corrected chi connectivity index (χ1v) is 5.27. The van der Waals surface area contributed by atoms with Crippen LogP contribution in [0.2, 0.25) is 0 Å². The molecular weight excluding hydrogens is 146 g/mol. The zero-order valence-corrected chi connectivity index (χ0v) is 8.39. The van der Waals surface area contributed by atoms with Gasteiger partial charge in [-0.25, -0.2) is 0 Å². The molecule has 0 aliphatic rings. The standard InChI is InChI=1S/C11H23N/c1-2-3-4-5-6-7-8-9-10-11-12/h5-6H,2-4,7-12H2,1H3. The van der Waals surface area contributed by atoms with Crippen LogP contribution in [-0.2, 0) is 0 Å². The van der Waals surface area contributed by atoms with Gasteiger partial charge >= 0.3 is 0 Å². The molecule has 0 heterocycles. The minimum Gasteiger partial charge on any atom is -0.330 e. The average Bonchev–Trinajstić information content (AvgIpc) is 2.10. The van der Waals surface area contributed by atoms with Crippen molar-refractivity contribution in [2.75, 3.05) is 6.54 Å². The largest absolute Gasteiger partial charge is 0.330 e. The van der Waals surface area contributed by atoms with Crippen LogP contribution in [0.3, 0.4) is 0 Å². The number of unbranched alkanes of at least 4 members (excludes halogenated alkanes) is 5. The number of hydrogen-bond acceptors (Lipinski definition) is 1. The van der Waals surface area contributed by atoms with Crippen molar-refractivity contribution >= 4 is 0 Å². The Hall–Kier alpha value is -0.300. The van der Waals surface area contributed by atoms with E-state index in [1.54, 1.807) is 0 Å². The van der Waals surface area contributed by atoms with Gasteiger partial charge in [-0.3, -0.25) is 0 Å². The van der Waals surface area contributed by atoms with Gasteiger partial charge in [-0.15, -0.1) is 0 Å². The second-order valence-electron chi connectivity index (χ2n) is 3.25. The second-order valence-corrected chi connectivity index (χ2v) is 3.25. The summed E-state index contributed by atoms with van der Waals surface area (Å²) in [5.41, 5.74) is 5.39. The molecule has 1 nitrogen and oxygen atoms in total. The van der Waals surface area contributed by atoms with E-state index in [1.807, 2.05) is 0 Å². The molecule has 0 amide bonds. The number of nitrogens with two attached hydrogens (primary N) is 1. The topological polar surface area (TPSA) is 26.0 Å². The van der Waals surface area contributed by atoms with Crippen LogP contribution in [0, 0.1) is 0 Å². The first-order chi connectivity index (χ1) is 5.91. The summed E-state index contributed by atoms with van der Waals surface area (Å²) >= 11 is 0. The van der Waals surface area contributed by atoms with Gasteiger partial charge in [-0.1, -0.05) is 38.3 Å². The van der Waals surface area contributed by atoms with Crippen molar-refractivity contribution in [3.05, 3.63) is 12.2 Å². The fraction of sp³-hybridized carbons (Fsp3) is 0.818. The molecule has 2 N–H and O–H groups in total. The van der Waals surface area contributed by atoms with Gasteiger partial charge in [-0.2, -0.15) is 0 Å². The lowest BCUT2D eigenvalue weighted by molar-refractivity contribution is 0.694. The molecule has 0 atom stereocenters. The van der Waals surface area contributed by atoms with Crippen LogP contribution in [0.5, 0.6) is 0 Å². The van der Waals surface area contributed by atoms with Crippen LogP contribution in [0.1, 0.15) is 51.9 Å². The molecule has 72 valence electrons. The van der Waals surface area contributed by atoms with Gasteiger partial charge in [0, 0.05) is 0 Å². The molecule has 0 saturated carbocycles. The molecular formula is C11H23N. The predicted octanol–water partition coefficient (Wildman–Crippen LogP) is 3.25. The van der Waals surface area contributed by atoms with Crippen LogP contribution in [0.4, 0.5) is 0 Å². The fourth-order valence-electron chi connectivity index (χ4n) is 1.14. The van der Waals surface area contributed by atoms with Crippen molar-refractivity contribution in [1.29, 1.82) is 0 Å². The van der Waals surface area contributed by atoms with Gasteiger partial charge in [0.25, 0.3) is 0 Å². The molecule has 1 heteroatoms. The Balaban J connectivity index is 2.92. The lowest BCUT2D eigenvalue weighted by atomic mass is 10.1. The third kappa shape index (κ3) is 9.70. The van der Waals surface area contributed by atoms with E-state index in [-0.39, 0.29) is 0 Å². The lowest BCUT2D eigenvalue weighted by Crippen LogP contribution is -1.97. The van der Waals surface area contributed by atoms with Gasteiger partial charge < -0.3 is 5.73 Å². The summed E-state index contributed by atoms with van der Waals surface area (Å²) in [7, 11) is 0. The van der Waals surface area contributed by atoms with E-state index in [9.17, 15) is 0 Å². The zero-order chi connectivity index (χ0) is 9.07. The molecule has 0 bridgehead atoms. The quantitative estimate of drug-likeness (QED) is 0.438. The summed E-state index contributed by atoms with van der Waals surface area (Å²) in [5, 5.41) is 0. The van der Waals surface area contributed by atoms with Crippen molar-refractivity contribution in [1.82, 2.24) is 0 Å². The summed E-state index contributed by atoms with van der Waals surface area (Å²) in [6.07, 6.45) is 13.5. The smallest absolute Gasteiger partial charge is 0.00773 e. The molecule has 0 aromatic carbocycles. The van der Waals surface area contributed by atoms with E-state index in [4.69, 9.17) is 5.73 Å². The van der Waals surface area contributed by atoms with Crippen LogP contribution >= 0.6 is 0 Å². The highest BCUT2D eigenvalue weighted by atomic mass is 14.5. The number of rotatable bonds is 8. The van der Waals surface area contributed by atoms with Crippen molar-refractivity contribution in [2.24, 2.45) is 5.73 Å². The van der Waals surface area contributed by atoms with Crippen LogP contribution in [-0.4, -0.2) is 6.54 Å².